The molecule has 0 amide bonds. The van der Waals surface area contributed by atoms with Crippen molar-refractivity contribution in [3.8, 4) is 11.6 Å². The number of aryl methyl sites for hydroxylation is 1. The van der Waals surface area contributed by atoms with Gasteiger partial charge in [-0.25, -0.2) is 14.8 Å². The first-order valence-electron chi connectivity index (χ1n) is 6.61. The van der Waals surface area contributed by atoms with Crippen LogP contribution in [0.2, 0.25) is 0 Å². The molecule has 0 atom stereocenters. The summed E-state index contributed by atoms with van der Waals surface area (Å²) in [7, 11) is 1.02. The Kier molecular flexibility index (Phi) is 4.72. The average Bonchev–Trinajstić information content (AvgIpc) is 2.48. The van der Waals surface area contributed by atoms with E-state index in [1.807, 2.05) is 0 Å². The zero-order valence-electron chi connectivity index (χ0n) is 12.9. The summed E-state index contributed by atoms with van der Waals surface area (Å²) < 4.78 is 61.8. The summed E-state index contributed by atoms with van der Waals surface area (Å²) in [6, 6.07) is 2.24. The van der Waals surface area contributed by atoms with Crippen LogP contribution in [0, 0.1) is 19.8 Å². The monoisotopic (exact) mass is 344 g/mol. The molecule has 0 aromatic carbocycles. The van der Waals surface area contributed by atoms with E-state index in [2.05, 4.69) is 14.7 Å². The van der Waals surface area contributed by atoms with Crippen LogP contribution in [0.15, 0.2) is 18.3 Å². The number of nitrogens with zero attached hydrogens (tertiary/aromatic N) is 2. The lowest BCUT2D eigenvalue weighted by Gasteiger charge is -2.16. The van der Waals surface area contributed by atoms with Gasteiger partial charge >= 0.3 is 12.1 Å². The van der Waals surface area contributed by atoms with Gasteiger partial charge in [-0.1, -0.05) is 0 Å². The van der Waals surface area contributed by atoms with E-state index in [4.69, 9.17) is 4.74 Å². The Labute approximate surface area is 134 Å². The summed E-state index contributed by atoms with van der Waals surface area (Å²) >= 11 is 0. The molecule has 0 N–H and O–H groups in total. The van der Waals surface area contributed by atoms with E-state index >= 15 is 0 Å². The van der Waals surface area contributed by atoms with Crippen LogP contribution in [0.4, 0.5) is 17.6 Å². The highest BCUT2D eigenvalue weighted by Gasteiger charge is 2.36. The van der Waals surface area contributed by atoms with Gasteiger partial charge in [0.2, 0.25) is 11.8 Å². The number of alkyl halides is 3. The number of hydrogen-bond acceptors (Lipinski definition) is 5. The molecule has 0 radical (unpaired) electrons. The molecule has 0 aliphatic rings. The number of esters is 1. The normalized spacial score (nSPS) is 11.3. The van der Waals surface area contributed by atoms with Crippen molar-refractivity contribution < 1.29 is 31.8 Å². The second kappa shape index (κ2) is 6.42. The highest BCUT2D eigenvalue weighted by atomic mass is 19.4. The molecule has 128 valence electrons. The number of rotatable bonds is 3. The van der Waals surface area contributed by atoms with Gasteiger partial charge in [0, 0.05) is 6.20 Å². The highest BCUT2D eigenvalue weighted by Crippen LogP contribution is 2.36. The van der Waals surface area contributed by atoms with Crippen molar-refractivity contribution in [2.75, 3.05) is 7.11 Å². The van der Waals surface area contributed by atoms with Crippen molar-refractivity contribution in [1.82, 2.24) is 9.97 Å². The first-order valence-corrected chi connectivity index (χ1v) is 6.61. The molecule has 0 aliphatic carbocycles. The predicted molar refractivity (Wildman–Crippen MR) is 74.3 cm³/mol. The van der Waals surface area contributed by atoms with Crippen LogP contribution in [0.3, 0.4) is 0 Å². The molecular formula is C15H12F4N2O3. The quantitative estimate of drug-likeness (QED) is 0.481. The molecule has 0 saturated heterocycles. The lowest BCUT2D eigenvalue weighted by atomic mass is 10.1. The van der Waals surface area contributed by atoms with Crippen LogP contribution >= 0.6 is 0 Å². The fraction of sp³-hybridized carbons (Fsp3) is 0.267. The Morgan fingerprint density at radius 3 is 2.42 bits per heavy atom. The van der Waals surface area contributed by atoms with Crippen LogP contribution in [-0.2, 0) is 10.9 Å². The van der Waals surface area contributed by atoms with Crippen LogP contribution in [0.25, 0.3) is 0 Å². The Bertz CT molecular complexity index is 791. The van der Waals surface area contributed by atoms with Gasteiger partial charge in [-0.15, -0.1) is 0 Å². The van der Waals surface area contributed by atoms with E-state index in [1.54, 1.807) is 0 Å². The molecule has 2 rings (SSSR count). The number of aromatic nitrogens is 2. The molecule has 9 heteroatoms. The number of carbonyl (C=O) groups is 1. The first kappa shape index (κ1) is 17.6. The molecule has 0 unspecified atom stereocenters. The van der Waals surface area contributed by atoms with Crippen LogP contribution in [0.1, 0.15) is 27.2 Å². The van der Waals surface area contributed by atoms with Gasteiger partial charge in [0.05, 0.1) is 18.4 Å². The third-order valence-electron chi connectivity index (χ3n) is 3.21. The third-order valence-corrected chi connectivity index (χ3v) is 3.21. The SMILES string of the molecule is COC(=O)c1c(Oc2ccc(F)nc2C)ncc(C(F)(F)F)c1C. The molecule has 2 heterocycles. The largest absolute Gasteiger partial charge is 0.465 e. The molecule has 2 aromatic heterocycles. The van der Waals surface area contributed by atoms with E-state index in [1.165, 1.54) is 13.0 Å². The van der Waals surface area contributed by atoms with Gasteiger partial charge in [-0.3, -0.25) is 0 Å². The molecule has 0 fully saturated rings. The topological polar surface area (TPSA) is 61.3 Å². The van der Waals surface area contributed by atoms with Gasteiger partial charge in [0.1, 0.15) is 5.56 Å². The van der Waals surface area contributed by atoms with Crippen molar-refractivity contribution >= 4 is 5.97 Å². The standard InChI is InChI=1S/C15H12F4N2O3/c1-7-9(15(17,18)19)6-20-13(12(7)14(22)23-3)24-10-4-5-11(16)21-8(10)2/h4-6H,1-3H3. The maximum Gasteiger partial charge on any atom is 0.418 e. The molecule has 0 aliphatic heterocycles. The minimum atomic E-state index is -4.69. The second-order valence-corrected chi connectivity index (χ2v) is 4.79. The summed E-state index contributed by atoms with van der Waals surface area (Å²) in [6.07, 6.45) is -4.13. The van der Waals surface area contributed by atoms with Gasteiger partial charge in [0.15, 0.2) is 5.75 Å². The molecule has 0 bridgehead atoms. The van der Waals surface area contributed by atoms with Crippen molar-refractivity contribution in [1.29, 1.82) is 0 Å². The second-order valence-electron chi connectivity index (χ2n) is 4.79. The maximum atomic E-state index is 13.0. The van der Waals surface area contributed by atoms with Crippen molar-refractivity contribution in [2.24, 2.45) is 0 Å². The Morgan fingerprint density at radius 2 is 1.88 bits per heavy atom. The first-order chi connectivity index (χ1) is 11.1. The van der Waals surface area contributed by atoms with Gasteiger partial charge < -0.3 is 9.47 Å². The molecular weight excluding hydrogens is 332 g/mol. The third kappa shape index (κ3) is 3.44. The van der Waals surface area contributed by atoms with E-state index in [-0.39, 0.29) is 22.9 Å². The number of pyridine rings is 2. The van der Waals surface area contributed by atoms with E-state index < -0.39 is 29.2 Å². The number of methoxy groups -OCH3 is 1. The minimum absolute atomic E-state index is 0.0493. The lowest BCUT2D eigenvalue weighted by molar-refractivity contribution is -0.138. The van der Waals surface area contributed by atoms with Crippen LogP contribution in [0.5, 0.6) is 11.6 Å². The van der Waals surface area contributed by atoms with Crippen molar-refractivity contribution in [3.05, 3.63) is 46.7 Å². The summed E-state index contributed by atoms with van der Waals surface area (Å²) in [5.74, 6) is -2.12. The summed E-state index contributed by atoms with van der Waals surface area (Å²) in [4.78, 5) is 19.0. The van der Waals surface area contributed by atoms with Crippen LogP contribution in [-0.4, -0.2) is 23.0 Å². The van der Waals surface area contributed by atoms with Crippen LogP contribution < -0.4 is 4.74 Å². The molecule has 24 heavy (non-hydrogen) atoms. The summed E-state index contributed by atoms with van der Waals surface area (Å²) in [5, 5.41) is 0. The Hall–Kier alpha value is -2.71. The molecule has 2 aromatic rings. The predicted octanol–water partition coefficient (Wildman–Crippen LogP) is 3.83. The van der Waals surface area contributed by atoms with E-state index in [9.17, 15) is 22.4 Å². The van der Waals surface area contributed by atoms with Crippen molar-refractivity contribution in [3.63, 3.8) is 0 Å². The number of hydrogen-bond donors (Lipinski definition) is 0. The molecule has 0 spiro atoms. The zero-order chi connectivity index (χ0) is 18.1. The Morgan fingerprint density at radius 1 is 1.21 bits per heavy atom. The highest BCUT2D eigenvalue weighted by molar-refractivity contribution is 5.94. The van der Waals surface area contributed by atoms with Crippen molar-refractivity contribution in [2.45, 2.75) is 20.0 Å². The lowest BCUT2D eigenvalue weighted by Crippen LogP contribution is -2.15. The summed E-state index contributed by atoms with van der Waals surface area (Å²) in [6.45, 7) is 2.55. The Balaban J connectivity index is 2.57. The smallest absolute Gasteiger partial charge is 0.418 e. The fourth-order valence-electron chi connectivity index (χ4n) is 2.01. The van der Waals surface area contributed by atoms with Gasteiger partial charge in [-0.05, 0) is 31.5 Å². The maximum absolute atomic E-state index is 13.0. The van der Waals surface area contributed by atoms with E-state index in [0.717, 1.165) is 20.1 Å². The van der Waals surface area contributed by atoms with Gasteiger partial charge in [0.25, 0.3) is 0 Å². The van der Waals surface area contributed by atoms with E-state index in [0.29, 0.717) is 6.20 Å². The fourth-order valence-corrected chi connectivity index (χ4v) is 2.01. The average molecular weight is 344 g/mol. The zero-order valence-corrected chi connectivity index (χ0v) is 12.9. The number of halogens is 4. The molecule has 5 nitrogen and oxygen atoms in total. The van der Waals surface area contributed by atoms with Gasteiger partial charge in [-0.2, -0.15) is 17.6 Å². The molecule has 0 saturated carbocycles. The number of carbonyl (C=O) groups excluding carboxylic acids is 1. The minimum Gasteiger partial charge on any atom is -0.465 e. The number of ether oxygens (including phenoxy) is 2. The summed E-state index contributed by atoms with van der Waals surface area (Å²) in [5.41, 5.74) is -1.78.